The average Bonchev–Trinajstić information content (AvgIpc) is 3.28. The van der Waals surface area contributed by atoms with Gasteiger partial charge in [-0.25, -0.2) is 19.9 Å². The lowest BCUT2D eigenvalue weighted by Crippen LogP contribution is -1.99. The van der Waals surface area contributed by atoms with Gasteiger partial charge >= 0.3 is 0 Å². The zero-order valence-electron chi connectivity index (χ0n) is 30.3. The Hall–Kier alpha value is -7.56. The number of rotatable bonds is 5. The van der Waals surface area contributed by atoms with Crippen molar-refractivity contribution in [2.24, 2.45) is 0 Å². The molecule has 0 saturated carbocycles. The van der Waals surface area contributed by atoms with Crippen LogP contribution in [0.3, 0.4) is 0 Å². The first-order valence-electron chi connectivity index (χ1n) is 18.9. The molecule has 11 rings (SSSR count). The molecule has 56 heavy (non-hydrogen) atoms. The van der Waals surface area contributed by atoms with E-state index in [1.54, 1.807) is 0 Å². The molecule has 0 atom stereocenters. The molecule has 8 aromatic carbocycles. The molecule has 0 bridgehead atoms. The van der Waals surface area contributed by atoms with Gasteiger partial charge in [0.15, 0.2) is 5.82 Å². The third-order valence-electron chi connectivity index (χ3n) is 10.8. The van der Waals surface area contributed by atoms with Gasteiger partial charge in [-0.2, -0.15) is 0 Å². The molecule has 11 aromatic rings. The second kappa shape index (κ2) is 13.1. The van der Waals surface area contributed by atoms with E-state index in [0.717, 1.165) is 99.2 Å². The van der Waals surface area contributed by atoms with Gasteiger partial charge in [-0.15, -0.1) is 0 Å². The lowest BCUT2D eigenvalue weighted by atomic mass is 9.89. The summed E-state index contributed by atoms with van der Waals surface area (Å²) >= 11 is 0. The van der Waals surface area contributed by atoms with E-state index in [1.165, 1.54) is 5.56 Å². The Bertz CT molecular complexity index is 3170. The van der Waals surface area contributed by atoms with Gasteiger partial charge in [-0.1, -0.05) is 176 Å². The summed E-state index contributed by atoms with van der Waals surface area (Å²) in [5, 5.41) is 7.58. The lowest BCUT2D eigenvalue weighted by Gasteiger charge is -2.18. The highest BCUT2D eigenvalue weighted by molar-refractivity contribution is 6.21. The summed E-state index contributed by atoms with van der Waals surface area (Å²) in [4.78, 5) is 21.4. The molecule has 4 heteroatoms. The summed E-state index contributed by atoms with van der Waals surface area (Å²) < 4.78 is 0. The van der Waals surface area contributed by atoms with Crippen molar-refractivity contribution in [2.75, 3.05) is 0 Å². The van der Waals surface area contributed by atoms with Gasteiger partial charge < -0.3 is 0 Å². The van der Waals surface area contributed by atoms with E-state index in [-0.39, 0.29) is 0 Å². The van der Waals surface area contributed by atoms with Crippen LogP contribution < -0.4 is 0 Å². The van der Waals surface area contributed by atoms with Gasteiger partial charge in [0, 0.05) is 44.0 Å². The highest BCUT2D eigenvalue weighted by atomic mass is 14.9. The van der Waals surface area contributed by atoms with Crippen LogP contribution in [0.15, 0.2) is 194 Å². The Kier molecular flexibility index (Phi) is 7.46. The van der Waals surface area contributed by atoms with Crippen LogP contribution in [-0.2, 0) is 0 Å². The van der Waals surface area contributed by atoms with E-state index >= 15 is 0 Å². The van der Waals surface area contributed by atoms with E-state index < -0.39 is 0 Å². The molecule has 4 nitrogen and oxygen atoms in total. The van der Waals surface area contributed by atoms with Crippen molar-refractivity contribution in [3.8, 4) is 56.3 Å². The number of fused-ring (bicyclic) bond motifs is 6. The average molecular weight is 713 g/mol. The summed E-state index contributed by atoms with van der Waals surface area (Å²) in [6.07, 6.45) is 0. The minimum absolute atomic E-state index is 0.686. The smallest absolute Gasteiger partial charge is 0.161 e. The summed E-state index contributed by atoms with van der Waals surface area (Å²) in [6.45, 7) is 0. The first-order chi connectivity index (χ1) is 27.8. The fourth-order valence-electron chi connectivity index (χ4n) is 8.31. The van der Waals surface area contributed by atoms with Gasteiger partial charge in [0.05, 0.1) is 33.6 Å². The molecule has 0 aliphatic rings. The first-order valence-corrected chi connectivity index (χ1v) is 18.9. The van der Waals surface area contributed by atoms with Gasteiger partial charge in [-0.05, 0) is 45.3 Å². The predicted molar refractivity (Wildman–Crippen MR) is 232 cm³/mol. The molecule has 0 aliphatic carbocycles. The first kappa shape index (κ1) is 31.9. The second-order valence-electron chi connectivity index (χ2n) is 14.1. The molecule has 0 saturated heterocycles. The minimum Gasteiger partial charge on any atom is -0.245 e. The van der Waals surface area contributed by atoms with Crippen LogP contribution in [0.1, 0.15) is 0 Å². The number of hydrogen-bond donors (Lipinski definition) is 0. The third-order valence-corrected chi connectivity index (χ3v) is 10.8. The number of pyridine rings is 2. The maximum absolute atomic E-state index is 5.53. The van der Waals surface area contributed by atoms with Crippen LogP contribution in [-0.4, -0.2) is 19.9 Å². The fraction of sp³-hybridized carbons (Fsp3) is 0. The van der Waals surface area contributed by atoms with Gasteiger partial charge in [0.1, 0.15) is 0 Å². The highest BCUT2D eigenvalue weighted by Gasteiger charge is 2.21. The monoisotopic (exact) mass is 712 g/mol. The SMILES string of the molecule is c1ccc(-c2cc(-c3ccccc3)nc(-c3c4ccccc4c(-c4ccc5ccc6c(-c7ccccc7)c7ccccc7nc6c5n4)c4ccccc34)n2)cc1. The molecule has 0 amide bonds. The van der Waals surface area contributed by atoms with Crippen molar-refractivity contribution in [3.05, 3.63) is 194 Å². The topological polar surface area (TPSA) is 51.6 Å². The van der Waals surface area contributed by atoms with Gasteiger partial charge in [0.2, 0.25) is 0 Å². The predicted octanol–water partition coefficient (Wildman–Crippen LogP) is 13.4. The van der Waals surface area contributed by atoms with E-state index in [0.29, 0.717) is 5.82 Å². The van der Waals surface area contributed by atoms with Crippen molar-refractivity contribution in [1.82, 2.24) is 19.9 Å². The second-order valence-corrected chi connectivity index (χ2v) is 14.1. The number of nitrogens with zero attached hydrogens (tertiary/aromatic N) is 4. The lowest BCUT2D eigenvalue weighted by molar-refractivity contribution is 1.19. The number of aromatic nitrogens is 4. The fourth-order valence-corrected chi connectivity index (χ4v) is 8.31. The normalized spacial score (nSPS) is 11.6. The third kappa shape index (κ3) is 5.23. The zero-order valence-corrected chi connectivity index (χ0v) is 30.3. The van der Waals surface area contributed by atoms with Crippen LogP contribution in [0.2, 0.25) is 0 Å². The molecular formula is C52H32N4. The van der Waals surface area contributed by atoms with Crippen molar-refractivity contribution in [3.63, 3.8) is 0 Å². The number of benzene rings is 8. The molecule has 0 radical (unpaired) electrons. The molecule has 260 valence electrons. The Morgan fingerprint density at radius 1 is 0.268 bits per heavy atom. The number of hydrogen-bond acceptors (Lipinski definition) is 4. The number of para-hydroxylation sites is 1. The van der Waals surface area contributed by atoms with Crippen molar-refractivity contribution >= 4 is 54.3 Å². The van der Waals surface area contributed by atoms with E-state index in [2.05, 4.69) is 182 Å². The van der Waals surface area contributed by atoms with E-state index in [1.807, 2.05) is 12.1 Å². The van der Waals surface area contributed by atoms with Crippen molar-refractivity contribution in [2.45, 2.75) is 0 Å². The Balaban J connectivity index is 1.19. The Morgan fingerprint density at radius 3 is 1.34 bits per heavy atom. The summed E-state index contributed by atoms with van der Waals surface area (Å²) in [7, 11) is 0. The molecule has 0 aliphatic heterocycles. The van der Waals surface area contributed by atoms with Crippen LogP contribution >= 0.6 is 0 Å². The van der Waals surface area contributed by atoms with Crippen LogP contribution in [0.4, 0.5) is 0 Å². The molecule has 0 spiro atoms. The standard InChI is InChI=1S/C52H32N4/c1-4-16-33(17-5-1)45-32-46(34-18-6-2-7-19-34)56-52(55-45)49-39-24-12-10-22-37(39)48(38-23-11-13-25-40(38)49)44-31-29-36-28-30-42-47(35-20-8-3-9-21-35)41-26-14-15-27-43(41)53-51(42)50(36)54-44/h1-32H. The largest absolute Gasteiger partial charge is 0.245 e. The summed E-state index contributed by atoms with van der Waals surface area (Å²) in [6, 6.07) is 67.8. The molecule has 3 aromatic heterocycles. The van der Waals surface area contributed by atoms with Gasteiger partial charge in [-0.3, -0.25) is 0 Å². The maximum Gasteiger partial charge on any atom is 0.161 e. The molecule has 3 heterocycles. The highest BCUT2D eigenvalue weighted by Crippen LogP contribution is 2.44. The molecule has 0 unspecified atom stereocenters. The van der Waals surface area contributed by atoms with Crippen LogP contribution in [0, 0.1) is 0 Å². The summed E-state index contributed by atoms with van der Waals surface area (Å²) in [5.74, 6) is 0.686. The molecule has 0 fully saturated rings. The zero-order chi connectivity index (χ0) is 37.0. The van der Waals surface area contributed by atoms with Crippen LogP contribution in [0.5, 0.6) is 0 Å². The van der Waals surface area contributed by atoms with E-state index in [4.69, 9.17) is 19.9 Å². The van der Waals surface area contributed by atoms with Crippen molar-refractivity contribution < 1.29 is 0 Å². The quantitative estimate of drug-likeness (QED) is 0.132. The minimum atomic E-state index is 0.686. The summed E-state index contributed by atoms with van der Waals surface area (Å²) in [5.41, 5.74) is 11.9. The van der Waals surface area contributed by atoms with Crippen LogP contribution in [0.25, 0.3) is 111 Å². The maximum atomic E-state index is 5.53. The Labute approximate surface area is 323 Å². The Morgan fingerprint density at radius 2 is 0.750 bits per heavy atom. The molecular weight excluding hydrogens is 681 g/mol. The van der Waals surface area contributed by atoms with Gasteiger partial charge in [0.25, 0.3) is 0 Å². The molecule has 0 N–H and O–H groups in total. The van der Waals surface area contributed by atoms with Crippen molar-refractivity contribution in [1.29, 1.82) is 0 Å². The van der Waals surface area contributed by atoms with E-state index in [9.17, 15) is 0 Å².